The quantitative estimate of drug-likeness (QED) is 0.429. The topological polar surface area (TPSA) is 58.6 Å². The minimum atomic E-state index is -0.492. The summed E-state index contributed by atoms with van der Waals surface area (Å²) < 4.78 is 0. The van der Waals surface area contributed by atoms with Gasteiger partial charge in [-0.1, -0.05) is 0 Å². The number of nitrogens with one attached hydrogen (secondary N) is 1. The molecule has 1 aliphatic rings. The summed E-state index contributed by atoms with van der Waals surface area (Å²) in [4.78, 5) is 14.5. The highest BCUT2D eigenvalue weighted by Crippen LogP contribution is 2.14. The van der Waals surface area contributed by atoms with Crippen molar-refractivity contribution in [1.82, 2.24) is 5.32 Å². The molecule has 0 aromatic rings. The van der Waals surface area contributed by atoms with Crippen LogP contribution in [0.25, 0.3) is 0 Å². The molecule has 4 heteroatoms. The van der Waals surface area contributed by atoms with Crippen LogP contribution in [-0.4, -0.2) is 24.3 Å². The van der Waals surface area contributed by atoms with E-state index >= 15 is 0 Å². The average Bonchev–Trinajstić information content (AvgIpc) is 2.30. The maximum atomic E-state index is 10.8. The minimum Gasteiger partial charge on any atom is -0.317 e. The summed E-state index contributed by atoms with van der Waals surface area (Å²) in [5.41, 5.74) is 0. The number of carbonyl (C=O) groups is 1. The molecule has 0 radical (unpaired) electrons. The van der Waals surface area contributed by atoms with Crippen LogP contribution in [-0.2, 0) is 9.68 Å². The Morgan fingerprint density at radius 1 is 1.45 bits per heavy atom. The highest BCUT2D eigenvalue weighted by molar-refractivity contribution is 5.71. The minimum absolute atomic E-state index is 0.116. The van der Waals surface area contributed by atoms with Crippen molar-refractivity contribution in [2.45, 2.75) is 19.3 Å². The molecule has 4 nitrogen and oxygen atoms in total. The number of carbonyl (C=O) groups excluding carboxylic acids is 1. The molecule has 0 aromatic carbocycles. The van der Waals surface area contributed by atoms with Gasteiger partial charge in [-0.15, -0.1) is 0 Å². The second-order valence-corrected chi connectivity index (χ2v) is 2.79. The van der Waals surface area contributed by atoms with Gasteiger partial charge < -0.3 is 10.2 Å². The summed E-state index contributed by atoms with van der Waals surface area (Å²) in [5.74, 6) is -0.608. The Bertz CT molecular complexity index is 130. The van der Waals surface area contributed by atoms with Crippen LogP contribution in [0.4, 0.5) is 0 Å². The number of rotatable bonds is 1. The molecule has 1 unspecified atom stereocenters. The Kier molecular flexibility index (Phi) is 3.32. The van der Waals surface area contributed by atoms with E-state index < -0.39 is 5.97 Å². The van der Waals surface area contributed by atoms with Gasteiger partial charge in [0.15, 0.2) is 0 Å². The van der Waals surface area contributed by atoms with Crippen molar-refractivity contribution in [2.75, 3.05) is 13.1 Å². The molecule has 1 fully saturated rings. The van der Waals surface area contributed by atoms with Gasteiger partial charge in [0, 0.05) is 0 Å². The first-order valence-corrected chi connectivity index (χ1v) is 3.90. The molecule has 1 heterocycles. The molecule has 11 heavy (non-hydrogen) atoms. The summed E-state index contributed by atoms with van der Waals surface area (Å²) in [6.45, 7) is 1.79. The predicted molar refractivity (Wildman–Crippen MR) is 38.9 cm³/mol. The lowest BCUT2D eigenvalue weighted by molar-refractivity contribution is -0.239. The summed E-state index contributed by atoms with van der Waals surface area (Å²) in [7, 11) is 0. The van der Waals surface area contributed by atoms with Gasteiger partial charge >= 0.3 is 5.97 Å². The van der Waals surface area contributed by atoms with E-state index in [-0.39, 0.29) is 5.92 Å². The summed E-state index contributed by atoms with van der Waals surface area (Å²) in [6, 6.07) is 0. The molecule has 1 saturated heterocycles. The molecular weight excluding hydrogens is 146 g/mol. The first-order chi connectivity index (χ1) is 5.34. The standard InChI is InChI=1S/C7H13NO3/c9-7(11-10)6-2-1-4-8-5-3-6/h6,8,10H,1-5H2. The van der Waals surface area contributed by atoms with Crippen molar-refractivity contribution in [1.29, 1.82) is 0 Å². The highest BCUT2D eigenvalue weighted by atomic mass is 17.1. The van der Waals surface area contributed by atoms with Crippen molar-refractivity contribution in [3.8, 4) is 0 Å². The second kappa shape index (κ2) is 4.31. The highest BCUT2D eigenvalue weighted by Gasteiger charge is 2.21. The van der Waals surface area contributed by atoms with E-state index in [2.05, 4.69) is 10.2 Å². The molecular formula is C7H13NO3. The molecule has 2 N–H and O–H groups in total. The van der Waals surface area contributed by atoms with Gasteiger partial charge in [-0.2, -0.15) is 5.26 Å². The molecule has 0 aliphatic carbocycles. The zero-order chi connectivity index (χ0) is 8.10. The van der Waals surface area contributed by atoms with E-state index in [0.29, 0.717) is 0 Å². The van der Waals surface area contributed by atoms with E-state index in [9.17, 15) is 4.79 Å². The second-order valence-electron chi connectivity index (χ2n) is 2.79. The third-order valence-electron chi connectivity index (χ3n) is 2.00. The largest absolute Gasteiger partial charge is 0.345 e. The van der Waals surface area contributed by atoms with E-state index in [1.165, 1.54) is 0 Å². The van der Waals surface area contributed by atoms with Gasteiger partial charge in [0.2, 0.25) is 0 Å². The Balaban J connectivity index is 2.36. The molecule has 0 bridgehead atoms. The number of hydrogen-bond donors (Lipinski definition) is 2. The molecule has 0 aromatic heterocycles. The van der Waals surface area contributed by atoms with Crippen molar-refractivity contribution < 1.29 is 14.9 Å². The zero-order valence-corrected chi connectivity index (χ0v) is 6.38. The summed E-state index contributed by atoms with van der Waals surface area (Å²) >= 11 is 0. The van der Waals surface area contributed by atoms with E-state index in [1.54, 1.807) is 0 Å². The fraction of sp³-hybridized carbons (Fsp3) is 0.857. The lowest BCUT2D eigenvalue weighted by Gasteiger charge is -2.07. The van der Waals surface area contributed by atoms with Crippen LogP contribution in [0.3, 0.4) is 0 Å². The molecule has 1 aliphatic heterocycles. The van der Waals surface area contributed by atoms with E-state index in [1.807, 2.05) is 0 Å². The predicted octanol–water partition coefficient (Wildman–Crippen LogP) is 0.392. The van der Waals surface area contributed by atoms with Crippen molar-refractivity contribution in [2.24, 2.45) is 5.92 Å². The van der Waals surface area contributed by atoms with Gasteiger partial charge in [0.25, 0.3) is 0 Å². The Labute approximate surface area is 65.5 Å². The smallest absolute Gasteiger partial charge is 0.317 e. The Hall–Kier alpha value is -0.610. The monoisotopic (exact) mass is 159 g/mol. The fourth-order valence-electron chi connectivity index (χ4n) is 1.33. The first-order valence-electron chi connectivity index (χ1n) is 3.90. The van der Waals surface area contributed by atoms with Gasteiger partial charge in [-0.3, -0.25) is 0 Å². The van der Waals surface area contributed by atoms with Crippen LogP contribution in [0.5, 0.6) is 0 Å². The third kappa shape index (κ3) is 2.48. The summed E-state index contributed by atoms with van der Waals surface area (Å²) in [6.07, 6.45) is 2.55. The Morgan fingerprint density at radius 2 is 2.27 bits per heavy atom. The van der Waals surface area contributed by atoms with Crippen molar-refractivity contribution in [3.63, 3.8) is 0 Å². The van der Waals surface area contributed by atoms with Gasteiger partial charge in [0.1, 0.15) is 0 Å². The normalized spacial score (nSPS) is 25.7. The van der Waals surface area contributed by atoms with E-state index in [4.69, 9.17) is 5.26 Å². The SMILES string of the molecule is O=C(OO)C1CCCNCC1. The summed E-state index contributed by atoms with van der Waals surface area (Å²) in [5, 5.41) is 11.3. The molecule has 0 spiro atoms. The van der Waals surface area contributed by atoms with Crippen molar-refractivity contribution in [3.05, 3.63) is 0 Å². The van der Waals surface area contributed by atoms with Crippen LogP contribution in [0.2, 0.25) is 0 Å². The average molecular weight is 159 g/mol. The molecule has 0 amide bonds. The van der Waals surface area contributed by atoms with Crippen molar-refractivity contribution >= 4 is 5.97 Å². The molecule has 1 rings (SSSR count). The number of hydrogen-bond acceptors (Lipinski definition) is 4. The lowest BCUT2D eigenvalue weighted by Crippen LogP contribution is -2.18. The van der Waals surface area contributed by atoms with Crippen LogP contribution in [0.1, 0.15) is 19.3 Å². The maximum Gasteiger partial charge on any atom is 0.345 e. The van der Waals surface area contributed by atoms with Crippen LogP contribution in [0.15, 0.2) is 0 Å². The Morgan fingerprint density at radius 3 is 3.00 bits per heavy atom. The maximum absolute atomic E-state index is 10.8. The van der Waals surface area contributed by atoms with Gasteiger partial charge in [0.05, 0.1) is 5.92 Å². The van der Waals surface area contributed by atoms with Crippen LogP contribution in [0, 0.1) is 5.92 Å². The first kappa shape index (κ1) is 8.49. The van der Waals surface area contributed by atoms with Crippen LogP contribution >= 0.6 is 0 Å². The fourth-order valence-corrected chi connectivity index (χ4v) is 1.33. The molecule has 64 valence electrons. The lowest BCUT2D eigenvalue weighted by atomic mass is 10.0. The van der Waals surface area contributed by atoms with Crippen LogP contribution < -0.4 is 5.32 Å². The van der Waals surface area contributed by atoms with Gasteiger partial charge in [-0.25, -0.2) is 4.79 Å². The van der Waals surface area contributed by atoms with Gasteiger partial charge in [-0.05, 0) is 32.4 Å². The molecule has 1 atom stereocenters. The van der Waals surface area contributed by atoms with E-state index in [0.717, 1.165) is 32.4 Å². The molecule has 0 saturated carbocycles. The third-order valence-corrected chi connectivity index (χ3v) is 2.00. The zero-order valence-electron chi connectivity index (χ0n) is 6.38.